The largest absolute Gasteiger partial charge is 0.354 e. The number of amides is 3. The molecule has 0 radical (unpaired) electrons. The minimum absolute atomic E-state index is 0.0152. The third-order valence-electron chi connectivity index (χ3n) is 3.09. The van der Waals surface area contributed by atoms with Crippen molar-refractivity contribution in [3.8, 4) is 0 Å². The van der Waals surface area contributed by atoms with Crippen LogP contribution in [0.2, 0.25) is 5.02 Å². The van der Waals surface area contributed by atoms with Crippen molar-refractivity contribution in [2.75, 3.05) is 6.54 Å². The van der Waals surface area contributed by atoms with Crippen molar-refractivity contribution in [2.24, 2.45) is 0 Å². The maximum atomic E-state index is 13.0. The van der Waals surface area contributed by atoms with Gasteiger partial charge in [0.25, 0.3) is 0 Å². The molecule has 0 aromatic heterocycles. The van der Waals surface area contributed by atoms with Gasteiger partial charge in [-0.25, -0.2) is 9.18 Å². The van der Waals surface area contributed by atoms with Gasteiger partial charge < -0.3 is 16.0 Å². The van der Waals surface area contributed by atoms with Crippen molar-refractivity contribution in [3.63, 3.8) is 0 Å². The van der Waals surface area contributed by atoms with Crippen LogP contribution in [-0.4, -0.2) is 24.5 Å². The second-order valence-corrected chi connectivity index (χ2v) is 5.39. The van der Waals surface area contributed by atoms with Gasteiger partial charge in [0, 0.05) is 25.6 Å². The summed E-state index contributed by atoms with van der Waals surface area (Å²) in [6.45, 7) is 4.38. The first-order chi connectivity index (χ1) is 10.4. The molecule has 0 saturated carbocycles. The molecule has 0 bridgehead atoms. The monoisotopic (exact) mass is 329 g/mol. The highest BCUT2D eigenvalue weighted by atomic mass is 35.5. The van der Waals surface area contributed by atoms with Crippen LogP contribution in [0.4, 0.5) is 9.18 Å². The number of hydrogen-bond acceptors (Lipinski definition) is 2. The number of urea groups is 1. The molecule has 0 unspecified atom stereocenters. The zero-order valence-electron chi connectivity index (χ0n) is 12.7. The summed E-state index contributed by atoms with van der Waals surface area (Å²) < 4.78 is 13.0. The van der Waals surface area contributed by atoms with Gasteiger partial charge in [0.15, 0.2) is 0 Å². The Morgan fingerprint density at radius 3 is 2.68 bits per heavy atom. The highest BCUT2D eigenvalue weighted by Gasteiger charge is 2.07. The fraction of sp³-hybridized carbons (Fsp3) is 0.467. The molecule has 0 spiro atoms. The molecule has 3 N–H and O–H groups in total. The third-order valence-corrected chi connectivity index (χ3v) is 3.38. The molecule has 1 aromatic carbocycles. The predicted octanol–water partition coefficient (Wildman–Crippen LogP) is 2.58. The van der Waals surface area contributed by atoms with E-state index in [0.29, 0.717) is 5.56 Å². The van der Waals surface area contributed by atoms with Crippen LogP contribution in [0, 0.1) is 5.82 Å². The van der Waals surface area contributed by atoms with Gasteiger partial charge in [-0.3, -0.25) is 4.79 Å². The summed E-state index contributed by atoms with van der Waals surface area (Å²) in [5, 5.41) is 8.02. The SMILES string of the molecule is CC[C@H](C)NC(=O)CCNC(=O)NCc1ccc(F)c(Cl)c1. The summed E-state index contributed by atoms with van der Waals surface area (Å²) in [5.74, 6) is -0.595. The first kappa shape index (κ1) is 18.2. The van der Waals surface area contributed by atoms with Crippen molar-refractivity contribution in [1.29, 1.82) is 0 Å². The molecule has 0 fully saturated rings. The van der Waals surface area contributed by atoms with Crippen molar-refractivity contribution in [2.45, 2.75) is 39.3 Å². The Balaban J connectivity index is 2.23. The maximum absolute atomic E-state index is 13.0. The smallest absolute Gasteiger partial charge is 0.315 e. The van der Waals surface area contributed by atoms with Gasteiger partial charge in [0.05, 0.1) is 5.02 Å². The average Bonchev–Trinajstić information content (AvgIpc) is 2.48. The molecule has 0 saturated heterocycles. The van der Waals surface area contributed by atoms with Crippen LogP contribution in [0.5, 0.6) is 0 Å². The van der Waals surface area contributed by atoms with Crippen LogP contribution >= 0.6 is 11.6 Å². The molecule has 22 heavy (non-hydrogen) atoms. The van der Waals surface area contributed by atoms with Gasteiger partial charge in [-0.05, 0) is 31.0 Å². The van der Waals surface area contributed by atoms with E-state index in [-0.39, 0.29) is 36.5 Å². The summed E-state index contributed by atoms with van der Waals surface area (Å²) in [4.78, 5) is 23.1. The molecule has 1 aromatic rings. The number of halogens is 2. The Labute approximate surface area is 134 Å². The molecule has 1 atom stereocenters. The number of hydrogen-bond donors (Lipinski definition) is 3. The molecular weight excluding hydrogens is 309 g/mol. The fourth-order valence-corrected chi connectivity index (χ4v) is 1.84. The zero-order valence-corrected chi connectivity index (χ0v) is 13.5. The third kappa shape index (κ3) is 6.76. The Kier molecular flexibility index (Phi) is 7.66. The van der Waals surface area contributed by atoms with E-state index in [4.69, 9.17) is 11.6 Å². The molecule has 0 heterocycles. The van der Waals surface area contributed by atoms with E-state index in [0.717, 1.165) is 6.42 Å². The number of carbonyl (C=O) groups is 2. The van der Waals surface area contributed by atoms with Crippen molar-refractivity contribution in [3.05, 3.63) is 34.6 Å². The fourth-order valence-electron chi connectivity index (χ4n) is 1.63. The second kappa shape index (κ2) is 9.25. The van der Waals surface area contributed by atoms with E-state index in [1.165, 1.54) is 12.1 Å². The minimum atomic E-state index is -0.498. The van der Waals surface area contributed by atoms with Crippen LogP contribution in [0.15, 0.2) is 18.2 Å². The van der Waals surface area contributed by atoms with Gasteiger partial charge in [-0.1, -0.05) is 24.6 Å². The van der Waals surface area contributed by atoms with E-state index in [2.05, 4.69) is 16.0 Å². The summed E-state index contributed by atoms with van der Waals surface area (Å²) in [6.07, 6.45) is 1.08. The van der Waals surface area contributed by atoms with E-state index in [1.807, 2.05) is 13.8 Å². The highest BCUT2D eigenvalue weighted by molar-refractivity contribution is 6.30. The molecule has 0 aliphatic heterocycles. The molecule has 7 heteroatoms. The maximum Gasteiger partial charge on any atom is 0.315 e. The normalized spacial score (nSPS) is 11.6. The lowest BCUT2D eigenvalue weighted by Gasteiger charge is -2.12. The molecule has 3 amide bonds. The van der Waals surface area contributed by atoms with Gasteiger partial charge >= 0.3 is 6.03 Å². The number of nitrogens with one attached hydrogen (secondary N) is 3. The molecular formula is C15H21ClFN3O2. The predicted molar refractivity (Wildman–Crippen MR) is 84.2 cm³/mol. The Bertz CT molecular complexity index is 526. The Morgan fingerprint density at radius 1 is 1.32 bits per heavy atom. The van der Waals surface area contributed by atoms with Gasteiger partial charge in [0.2, 0.25) is 5.91 Å². The lowest BCUT2D eigenvalue weighted by Crippen LogP contribution is -2.38. The summed E-state index contributed by atoms with van der Waals surface area (Å²) in [7, 11) is 0. The van der Waals surface area contributed by atoms with Crippen LogP contribution in [0.25, 0.3) is 0 Å². The van der Waals surface area contributed by atoms with Gasteiger partial charge in [-0.2, -0.15) is 0 Å². The summed E-state index contributed by atoms with van der Waals surface area (Å²) >= 11 is 5.65. The van der Waals surface area contributed by atoms with Crippen LogP contribution in [-0.2, 0) is 11.3 Å². The highest BCUT2D eigenvalue weighted by Crippen LogP contribution is 2.15. The molecule has 122 valence electrons. The van der Waals surface area contributed by atoms with Crippen molar-refractivity contribution >= 4 is 23.5 Å². The van der Waals surface area contributed by atoms with E-state index < -0.39 is 11.8 Å². The summed E-state index contributed by atoms with van der Waals surface area (Å²) in [6, 6.07) is 3.98. The van der Waals surface area contributed by atoms with Crippen molar-refractivity contribution in [1.82, 2.24) is 16.0 Å². The summed E-state index contributed by atoms with van der Waals surface area (Å²) in [5.41, 5.74) is 0.691. The van der Waals surface area contributed by atoms with Crippen LogP contribution in [0.3, 0.4) is 0 Å². The van der Waals surface area contributed by atoms with Crippen LogP contribution < -0.4 is 16.0 Å². The van der Waals surface area contributed by atoms with Crippen LogP contribution in [0.1, 0.15) is 32.3 Å². The topological polar surface area (TPSA) is 70.2 Å². The molecule has 0 aliphatic carbocycles. The van der Waals surface area contributed by atoms with Crippen molar-refractivity contribution < 1.29 is 14.0 Å². The van der Waals surface area contributed by atoms with E-state index in [9.17, 15) is 14.0 Å². The average molecular weight is 330 g/mol. The van der Waals surface area contributed by atoms with Gasteiger partial charge in [0.1, 0.15) is 5.82 Å². The lowest BCUT2D eigenvalue weighted by molar-refractivity contribution is -0.121. The Hall–Kier alpha value is -1.82. The van der Waals surface area contributed by atoms with E-state index >= 15 is 0 Å². The zero-order chi connectivity index (χ0) is 16.5. The first-order valence-electron chi connectivity index (χ1n) is 7.17. The van der Waals surface area contributed by atoms with Gasteiger partial charge in [-0.15, -0.1) is 0 Å². The number of rotatable bonds is 7. The number of carbonyl (C=O) groups excluding carboxylic acids is 2. The second-order valence-electron chi connectivity index (χ2n) is 4.98. The molecule has 0 aliphatic rings. The Morgan fingerprint density at radius 2 is 2.05 bits per heavy atom. The molecule has 5 nitrogen and oxygen atoms in total. The number of benzene rings is 1. The quantitative estimate of drug-likeness (QED) is 0.719. The molecule has 1 rings (SSSR count). The standard InChI is InChI=1S/C15H21ClFN3O2/c1-3-10(2)20-14(21)6-7-18-15(22)19-9-11-4-5-13(17)12(16)8-11/h4-5,8,10H,3,6-7,9H2,1-2H3,(H,20,21)(H2,18,19,22)/t10-/m0/s1. The minimum Gasteiger partial charge on any atom is -0.354 e. The lowest BCUT2D eigenvalue weighted by atomic mass is 10.2. The first-order valence-corrected chi connectivity index (χ1v) is 7.55. The van der Waals surface area contributed by atoms with E-state index in [1.54, 1.807) is 6.07 Å².